The molecule has 0 saturated carbocycles. The lowest BCUT2D eigenvalue weighted by atomic mass is 9.88. The van der Waals surface area contributed by atoms with E-state index in [0.717, 1.165) is 19.3 Å². The quantitative estimate of drug-likeness (QED) is 0.786. The molecule has 5 nitrogen and oxygen atoms in total. The maximum atomic E-state index is 12.3. The summed E-state index contributed by atoms with van der Waals surface area (Å²) >= 11 is 5.45. The number of hydrogen-bond donors (Lipinski definition) is 2. The van der Waals surface area contributed by atoms with Crippen molar-refractivity contribution in [2.24, 2.45) is 0 Å². The van der Waals surface area contributed by atoms with Crippen LogP contribution in [0.3, 0.4) is 0 Å². The van der Waals surface area contributed by atoms with Crippen LogP contribution in [0.25, 0.3) is 0 Å². The predicted molar refractivity (Wildman–Crippen MR) is 109 cm³/mol. The van der Waals surface area contributed by atoms with Crippen molar-refractivity contribution in [3.63, 3.8) is 0 Å². The third kappa shape index (κ3) is 4.06. The van der Waals surface area contributed by atoms with Crippen LogP contribution in [0, 0.1) is 0 Å². The summed E-state index contributed by atoms with van der Waals surface area (Å²) in [6, 6.07) is 15.3. The third-order valence-electron chi connectivity index (χ3n) is 4.55. The molecular weight excluding hydrogens is 366 g/mol. The molecule has 0 aromatic heterocycles. The van der Waals surface area contributed by atoms with E-state index in [4.69, 9.17) is 12.2 Å². The molecule has 1 atom stereocenters. The maximum Gasteiger partial charge on any atom is 0.242 e. The zero-order chi connectivity index (χ0) is 18.7. The Morgan fingerprint density at radius 3 is 2.69 bits per heavy atom. The van der Waals surface area contributed by atoms with Crippen LogP contribution in [0.2, 0.25) is 0 Å². The fraction of sp³-hybridized carbons (Fsp3) is 0.316. The molecule has 0 fully saturated rings. The summed E-state index contributed by atoms with van der Waals surface area (Å²) in [7, 11) is -0.441. The van der Waals surface area contributed by atoms with Crippen molar-refractivity contribution in [2.45, 2.75) is 30.2 Å². The Morgan fingerprint density at radius 2 is 1.92 bits per heavy atom. The largest absolute Gasteiger partial charge is 0.356 e. The van der Waals surface area contributed by atoms with E-state index in [0.29, 0.717) is 10.8 Å². The van der Waals surface area contributed by atoms with Crippen molar-refractivity contribution in [1.29, 1.82) is 0 Å². The summed E-state index contributed by atoms with van der Waals surface area (Å²) in [6.45, 7) is 0. The van der Waals surface area contributed by atoms with Gasteiger partial charge in [0.15, 0.2) is 5.11 Å². The van der Waals surface area contributed by atoms with Crippen LogP contribution in [0.1, 0.15) is 30.0 Å². The number of hydrogen-bond acceptors (Lipinski definition) is 3. The molecule has 0 bridgehead atoms. The highest BCUT2D eigenvalue weighted by Crippen LogP contribution is 2.29. The molecule has 2 N–H and O–H groups in total. The van der Waals surface area contributed by atoms with Crippen molar-refractivity contribution in [2.75, 3.05) is 19.4 Å². The van der Waals surface area contributed by atoms with Gasteiger partial charge in [0.05, 0.1) is 10.9 Å². The van der Waals surface area contributed by atoms with Crippen molar-refractivity contribution < 1.29 is 8.42 Å². The van der Waals surface area contributed by atoms with Gasteiger partial charge in [-0.1, -0.05) is 30.3 Å². The first-order chi connectivity index (χ1) is 12.4. The average molecular weight is 390 g/mol. The lowest BCUT2D eigenvalue weighted by Gasteiger charge is -2.27. The number of rotatable bonds is 4. The van der Waals surface area contributed by atoms with E-state index >= 15 is 0 Å². The molecule has 0 radical (unpaired) electrons. The number of anilines is 1. The summed E-state index contributed by atoms with van der Waals surface area (Å²) in [5.41, 5.74) is 3.29. The molecule has 1 aliphatic carbocycles. The van der Waals surface area contributed by atoms with Gasteiger partial charge in [-0.3, -0.25) is 0 Å². The molecule has 7 heteroatoms. The van der Waals surface area contributed by atoms with E-state index in [9.17, 15) is 8.42 Å². The lowest BCUT2D eigenvalue weighted by molar-refractivity contribution is 0.520. The minimum absolute atomic E-state index is 0.175. The van der Waals surface area contributed by atoms with Gasteiger partial charge < -0.3 is 10.6 Å². The summed E-state index contributed by atoms with van der Waals surface area (Å²) in [4.78, 5) is 0.235. The standard InChI is InChI=1S/C19H23N3O2S2/c1-22(2)26(23,24)16-10-6-9-15(13-16)20-19(25)21-18-12-5-8-14-7-3-4-11-17(14)18/h3-4,6-7,9-11,13,18H,5,8,12H2,1-2H3,(H2,20,21,25)/t18-/m0/s1. The smallest absolute Gasteiger partial charge is 0.242 e. The molecule has 0 saturated heterocycles. The summed E-state index contributed by atoms with van der Waals surface area (Å²) < 4.78 is 25.7. The molecular formula is C19H23N3O2S2. The second-order valence-electron chi connectivity index (χ2n) is 6.56. The van der Waals surface area contributed by atoms with Crippen molar-refractivity contribution in [3.05, 3.63) is 59.7 Å². The maximum absolute atomic E-state index is 12.3. The van der Waals surface area contributed by atoms with E-state index in [-0.39, 0.29) is 10.9 Å². The summed E-state index contributed by atoms with van der Waals surface area (Å²) in [6.07, 6.45) is 3.24. The molecule has 2 aromatic rings. The minimum atomic E-state index is -3.47. The van der Waals surface area contributed by atoms with Crippen LogP contribution >= 0.6 is 12.2 Å². The first kappa shape index (κ1) is 18.8. The van der Waals surface area contributed by atoms with Crippen molar-refractivity contribution in [3.8, 4) is 0 Å². The lowest BCUT2D eigenvalue weighted by Crippen LogP contribution is -2.34. The highest BCUT2D eigenvalue weighted by atomic mass is 32.2. The Labute approximate surface area is 160 Å². The number of aryl methyl sites for hydroxylation is 1. The van der Waals surface area contributed by atoms with Crippen LogP contribution in [0.4, 0.5) is 5.69 Å². The van der Waals surface area contributed by atoms with Gasteiger partial charge in [0.2, 0.25) is 10.0 Å². The van der Waals surface area contributed by atoms with E-state index < -0.39 is 10.0 Å². The van der Waals surface area contributed by atoms with Crippen molar-refractivity contribution >= 4 is 33.0 Å². The van der Waals surface area contributed by atoms with Gasteiger partial charge >= 0.3 is 0 Å². The van der Waals surface area contributed by atoms with Crippen LogP contribution in [-0.4, -0.2) is 31.9 Å². The van der Waals surface area contributed by atoms with Gasteiger partial charge in [0.25, 0.3) is 0 Å². The zero-order valence-electron chi connectivity index (χ0n) is 14.9. The highest BCUT2D eigenvalue weighted by Gasteiger charge is 2.21. The second-order valence-corrected chi connectivity index (χ2v) is 9.12. The van der Waals surface area contributed by atoms with Crippen LogP contribution in [-0.2, 0) is 16.4 Å². The predicted octanol–water partition coefficient (Wildman–Crippen LogP) is 3.30. The molecule has 0 spiro atoms. The number of fused-ring (bicyclic) bond motifs is 1. The molecule has 1 aliphatic rings. The Morgan fingerprint density at radius 1 is 1.15 bits per heavy atom. The van der Waals surface area contributed by atoms with Crippen molar-refractivity contribution in [1.82, 2.24) is 9.62 Å². The number of benzene rings is 2. The van der Waals surface area contributed by atoms with Crippen LogP contribution in [0.15, 0.2) is 53.4 Å². The van der Waals surface area contributed by atoms with E-state index in [2.05, 4.69) is 28.8 Å². The highest BCUT2D eigenvalue weighted by molar-refractivity contribution is 7.89. The Kier molecular flexibility index (Phi) is 5.60. The van der Waals surface area contributed by atoms with Gasteiger partial charge in [0, 0.05) is 19.8 Å². The molecule has 0 aliphatic heterocycles. The van der Waals surface area contributed by atoms with E-state index in [1.807, 2.05) is 6.07 Å². The first-order valence-electron chi connectivity index (χ1n) is 8.56. The zero-order valence-corrected chi connectivity index (χ0v) is 16.5. The molecule has 0 unspecified atom stereocenters. The minimum Gasteiger partial charge on any atom is -0.356 e. The molecule has 3 rings (SSSR count). The van der Waals surface area contributed by atoms with Gasteiger partial charge in [-0.25, -0.2) is 12.7 Å². The average Bonchev–Trinajstić information content (AvgIpc) is 2.62. The second kappa shape index (κ2) is 7.73. The van der Waals surface area contributed by atoms with Crippen LogP contribution < -0.4 is 10.6 Å². The molecule has 0 heterocycles. The van der Waals surface area contributed by atoms with Crippen LogP contribution in [0.5, 0.6) is 0 Å². The normalized spacial score (nSPS) is 16.8. The topological polar surface area (TPSA) is 61.4 Å². The Bertz CT molecular complexity index is 911. The van der Waals surface area contributed by atoms with Gasteiger partial charge in [-0.2, -0.15) is 0 Å². The fourth-order valence-electron chi connectivity index (χ4n) is 3.17. The number of sulfonamides is 1. The number of thiocarbonyl (C=S) groups is 1. The van der Waals surface area contributed by atoms with E-state index in [1.54, 1.807) is 24.3 Å². The SMILES string of the molecule is CN(C)S(=O)(=O)c1cccc(NC(=S)N[C@H]2CCCc3ccccc32)c1. The van der Waals surface area contributed by atoms with Gasteiger partial charge in [0.1, 0.15) is 0 Å². The van der Waals surface area contributed by atoms with Gasteiger partial charge in [-0.15, -0.1) is 0 Å². The molecule has 26 heavy (non-hydrogen) atoms. The Hall–Kier alpha value is -1.96. The van der Waals surface area contributed by atoms with Gasteiger partial charge in [-0.05, 0) is 60.8 Å². The molecule has 138 valence electrons. The monoisotopic (exact) mass is 389 g/mol. The first-order valence-corrected chi connectivity index (χ1v) is 10.4. The number of nitrogens with one attached hydrogen (secondary N) is 2. The third-order valence-corrected chi connectivity index (χ3v) is 6.58. The fourth-order valence-corrected chi connectivity index (χ4v) is 4.38. The molecule has 2 aromatic carbocycles. The Balaban J connectivity index is 1.72. The summed E-state index contributed by atoms with van der Waals surface area (Å²) in [5, 5.41) is 6.97. The number of nitrogens with zero attached hydrogens (tertiary/aromatic N) is 1. The summed E-state index contributed by atoms with van der Waals surface area (Å²) in [5.74, 6) is 0. The van der Waals surface area contributed by atoms with E-state index in [1.165, 1.54) is 29.5 Å². The molecule has 0 amide bonds.